The fourth-order valence-corrected chi connectivity index (χ4v) is 1.13. The molecule has 2 rings (SSSR count). The second-order valence-electron chi connectivity index (χ2n) is 2.44. The lowest BCUT2D eigenvalue weighted by atomic mass is 10.0. The Kier molecular flexibility index (Phi) is 1.06. The molecule has 0 bridgehead atoms. The second-order valence-corrected chi connectivity index (χ2v) is 2.44. The summed E-state index contributed by atoms with van der Waals surface area (Å²) in [4.78, 5) is 3.04. The van der Waals surface area contributed by atoms with E-state index in [1.165, 1.54) is 18.5 Å². The molecule has 2 heteroatoms. The minimum Gasteiger partial charge on any atom is -0.367 e. The first-order valence-corrected chi connectivity index (χ1v) is 3.33. The molecule has 2 nitrogen and oxygen atoms in total. The van der Waals surface area contributed by atoms with Crippen LogP contribution in [0.4, 0.5) is 0 Å². The predicted molar refractivity (Wildman–Crippen MR) is 36.2 cm³/mol. The van der Waals surface area contributed by atoms with E-state index in [1.54, 1.807) is 0 Å². The Morgan fingerprint density at radius 2 is 2.44 bits per heavy atom. The smallest absolute Gasteiger partial charge is 0.0347 e. The van der Waals surface area contributed by atoms with E-state index in [0.29, 0.717) is 6.04 Å². The summed E-state index contributed by atoms with van der Waals surface area (Å²) in [6.45, 7) is 1.18. The van der Waals surface area contributed by atoms with Crippen LogP contribution in [0, 0.1) is 0 Å². The van der Waals surface area contributed by atoms with Gasteiger partial charge in [0.2, 0.25) is 0 Å². The lowest BCUT2D eigenvalue weighted by Crippen LogP contribution is -2.34. The molecule has 9 heavy (non-hydrogen) atoms. The molecule has 1 saturated heterocycles. The summed E-state index contributed by atoms with van der Waals surface area (Å²) < 4.78 is 0. The molecule has 1 aromatic rings. The third-order valence-electron chi connectivity index (χ3n) is 1.85. The molecule has 1 aromatic heterocycles. The molecular formula is C7H10N2. The van der Waals surface area contributed by atoms with Crippen LogP contribution in [-0.2, 0) is 0 Å². The van der Waals surface area contributed by atoms with Crippen LogP contribution < -0.4 is 5.32 Å². The maximum Gasteiger partial charge on any atom is 0.0347 e. The first-order chi connectivity index (χ1) is 4.47. The van der Waals surface area contributed by atoms with Gasteiger partial charge in [0.15, 0.2) is 0 Å². The van der Waals surface area contributed by atoms with Gasteiger partial charge in [-0.3, -0.25) is 0 Å². The molecule has 1 aliphatic rings. The highest BCUT2D eigenvalue weighted by atomic mass is 15.0. The van der Waals surface area contributed by atoms with Crippen molar-refractivity contribution in [1.82, 2.24) is 10.3 Å². The Hall–Kier alpha value is -0.760. The van der Waals surface area contributed by atoms with Crippen LogP contribution in [0.5, 0.6) is 0 Å². The van der Waals surface area contributed by atoms with Crippen molar-refractivity contribution in [3.63, 3.8) is 0 Å². The van der Waals surface area contributed by atoms with E-state index >= 15 is 0 Å². The zero-order valence-electron chi connectivity index (χ0n) is 5.22. The summed E-state index contributed by atoms with van der Waals surface area (Å²) in [5, 5.41) is 3.33. The van der Waals surface area contributed by atoms with Crippen LogP contribution in [0.2, 0.25) is 0 Å². The van der Waals surface area contributed by atoms with Gasteiger partial charge in [-0.2, -0.15) is 0 Å². The summed E-state index contributed by atoms with van der Waals surface area (Å²) in [6, 6.07) is 2.76. The van der Waals surface area contributed by atoms with Gasteiger partial charge in [-0.25, -0.2) is 0 Å². The fraction of sp³-hybridized carbons (Fsp3) is 0.429. The van der Waals surface area contributed by atoms with E-state index in [1.807, 2.05) is 6.20 Å². The SMILES string of the molecule is c1cc(C2CCN2)c[nH]1. The van der Waals surface area contributed by atoms with Crippen molar-refractivity contribution in [3.05, 3.63) is 24.0 Å². The highest BCUT2D eigenvalue weighted by Gasteiger charge is 2.17. The molecule has 1 aliphatic heterocycles. The van der Waals surface area contributed by atoms with Crippen molar-refractivity contribution in [2.24, 2.45) is 0 Å². The number of nitrogens with one attached hydrogen (secondary N) is 2. The van der Waals surface area contributed by atoms with Gasteiger partial charge in [0.25, 0.3) is 0 Å². The van der Waals surface area contributed by atoms with Crippen LogP contribution in [0.15, 0.2) is 18.5 Å². The molecule has 1 atom stereocenters. The fourth-order valence-electron chi connectivity index (χ4n) is 1.13. The standard InChI is InChI=1S/C7H10N2/c1-3-8-5-6(1)7-2-4-9-7/h1,3,5,7-9H,2,4H2. The predicted octanol–water partition coefficient (Wildman–Crippen LogP) is 1.05. The monoisotopic (exact) mass is 122 g/mol. The number of aromatic amines is 1. The molecule has 1 fully saturated rings. The Morgan fingerprint density at radius 1 is 1.56 bits per heavy atom. The van der Waals surface area contributed by atoms with E-state index in [4.69, 9.17) is 0 Å². The number of H-pyrrole nitrogens is 1. The normalized spacial score (nSPS) is 25.6. The van der Waals surface area contributed by atoms with Gasteiger partial charge in [-0.05, 0) is 24.6 Å². The molecule has 1 unspecified atom stereocenters. The van der Waals surface area contributed by atoms with Gasteiger partial charge < -0.3 is 10.3 Å². The Labute approximate surface area is 54.3 Å². The Morgan fingerprint density at radius 3 is 2.89 bits per heavy atom. The average Bonchev–Trinajstić information content (AvgIpc) is 2.11. The second kappa shape index (κ2) is 1.88. The summed E-state index contributed by atoms with van der Waals surface area (Å²) in [6.07, 6.45) is 5.31. The minimum absolute atomic E-state index is 0.635. The highest BCUT2D eigenvalue weighted by molar-refractivity contribution is 5.15. The lowest BCUT2D eigenvalue weighted by Gasteiger charge is -2.26. The quantitative estimate of drug-likeness (QED) is 0.572. The maximum atomic E-state index is 3.33. The minimum atomic E-state index is 0.635. The van der Waals surface area contributed by atoms with E-state index in [0.717, 1.165) is 0 Å². The molecule has 48 valence electrons. The van der Waals surface area contributed by atoms with Crippen LogP contribution in [0.25, 0.3) is 0 Å². The van der Waals surface area contributed by atoms with Crippen molar-refractivity contribution in [2.75, 3.05) is 6.54 Å². The van der Waals surface area contributed by atoms with Crippen LogP contribution in [0.3, 0.4) is 0 Å². The van der Waals surface area contributed by atoms with Crippen molar-refractivity contribution in [1.29, 1.82) is 0 Å². The number of aromatic nitrogens is 1. The molecular weight excluding hydrogens is 112 g/mol. The van der Waals surface area contributed by atoms with Gasteiger partial charge in [-0.1, -0.05) is 0 Å². The van der Waals surface area contributed by atoms with Crippen LogP contribution in [0.1, 0.15) is 18.0 Å². The van der Waals surface area contributed by atoms with Gasteiger partial charge in [0, 0.05) is 18.4 Å². The summed E-state index contributed by atoms with van der Waals surface area (Å²) in [5.74, 6) is 0. The molecule has 0 saturated carbocycles. The Bertz CT molecular complexity index is 175. The number of rotatable bonds is 1. The van der Waals surface area contributed by atoms with Crippen molar-refractivity contribution in [2.45, 2.75) is 12.5 Å². The van der Waals surface area contributed by atoms with E-state index < -0.39 is 0 Å². The third kappa shape index (κ3) is 0.754. The molecule has 2 heterocycles. The molecule has 0 aliphatic carbocycles. The van der Waals surface area contributed by atoms with Crippen molar-refractivity contribution < 1.29 is 0 Å². The van der Waals surface area contributed by atoms with Crippen LogP contribution >= 0.6 is 0 Å². The van der Waals surface area contributed by atoms with Gasteiger partial charge in [0.05, 0.1) is 0 Å². The van der Waals surface area contributed by atoms with Gasteiger partial charge >= 0.3 is 0 Å². The summed E-state index contributed by atoms with van der Waals surface area (Å²) >= 11 is 0. The molecule has 0 radical (unpaired) electrons. The first kappa shape index (κ1) is 5.06. The van der Waals surface area contributed by atoms with E-state index in [-0.39, 0.29) is 0 Å². The molecule has 2 N–H and O–H groups in total. The molecule has 0 spiro atoms. The highest BCUT2D eigenvalue weighted by Crippen LogP contribution is 2.21. The zero-order valence-corrected chi connectivity index (χ0v) is 5.22. The number of hydrogen-bond acceptors (Lipinski definition) is 1. The largest absolute Gasteiger partial charge is 0.367 e. The zero-order chi connectivity index (χ0) is 6.10. The van der Waals surface area contributed by atoms with E-state index in [9.17, 15) is 0 Å². The van der Waals surface area contributed by atoms with Crippen molar-refractivity contribution in [3.8, 4) is 0 Å². The third-order valence-corrected chi connectivity index (χ3v) is 1.85. The maximum absolute atomic E-state index is 3.33. The average molecular weight is 122 g/mol. The molecule has 0 amide bonds. The lowest BCUT2D eigenvalue weighted by molar-refractivity contribution is 0.383. The van der Waals surface area contributed by atoms with E-state index in [2.05, 4.69) is 22.6 Å². The number of hydrogen-bond donors (Lipinski definition) is 2. The van der Waals surface area contributed by atoms with Crippen molar-refractivity contribution >= 4 is 0 Å². The first-order valence-electron chi connectivity index (χ1n) is 3.33. The van der Waals surface area contributed by atoms with Gasteiger partial charge in [-0.15, -0.1) is 0 Å². The summed E-state index contributed by atoms with van der Waals surface area (Å²) in [5.41, 5.74) is 1.39. The van der Waals surface area contributed by atoms with Gasteiger partial charge in [0.1, 0.15) is 0 Å². The summed E-state index contributed by atoms with van der Waals surface area (Å²) in [7, 11) is 0. The molecule has 0 aromatic carbocycles. The topological polar surface area (TPSA) is 27.8 Å². The van der Waals surface area contributed by atoms with Crippen LogP contribution in [-0.4, -0.2) is 11.5 Å². The Balaban J connectivity index is 2.14.